The third-order valence-electron chi connectivity index (χ3n) is 3.27. The molecule has 0 aromatic rings. The highest BCUT2D eigenvalue weighted by Gasteiger charge is 2.40. The van der Waals surface area contributed by atoms with Crippen molar-refractivity contribution in [3.8, 4) is 0 Å². The molecule has 0 fully saturated rings. The molecule has 0 aliphatic carbocycles. The van der Waals surface area contributed by atoms with Gasteiger partial charge in [0.05, 0.1) is 0 Å². The van der Waals surface area contributed by atoms with Gasteiger partial charge in [0.2, 0.25) is 0 Å². The second-order valence-electron chi connectivity index (χ2n) is 5.88. The SMILES string of the molecule is CCCC(C)(C)[SiH](O)C(C)(C)CCC. The summed E-state index contributed by atoms with van der Waals surface area (Å²) in [5.74, 6) is 0. The van der Waals surface area contributed by atoms with Crippen molar-refractivity contribution in [1.82, 2.24) is 0 Å². The summed E-state index contributed by atoms with van der Waals surface area (Å²) in [6, 6.07) is 0. The molecule has 14 heavy (non-hydrogen) atoms. The zero-order valence-corrected chi connectivity index (χ0v) is 12.0. The fourth-order valence-electron chi connectivity index (χ4n) is 2.62. The standard InChI is InChI=1S/C12H28OSi/c1-7-9-11(3,4)14(13)12(5,6)10-8-2/h13-14H,7-10H2,1-6H3. The molecule has 0 aromatic heterocycles. The van der Waals surface area contributed by atoms with Crippen LogP contribution in [0.5, 0.6) is 0 Å². The zero-order chi connectivity index (χ0) is 11.4. The Balaban J connectivity index is 4.49. The summed E-state index contributed by atoms with van der Waals surface area (Å²) >= 11 is 0. The Kier molecular flexibility index (Phi) is 5.38. The Labute approximate surface area is 91.6 Å². The van der Waals surface area contributed by atoms with Crippen molar-refractivity contribution in [2.45, 2.75) is 77.3 Å². The number of hydrogen-bond acceptors (Lipinski definition) is 1. The van der Waals surface area contributed by atoms with Crippen LogP contribution in [0.1, 0.15) is 67.2 Å². The molecule has 0 atom stereocenters. The number of hydrogen-bond donors (Lipinski definition) is 1. The van der Waals surface area contributed by atoms with Crippen LogP contribution in [-0.4, -0.2) is 13.8 Å². The summed E-state index contributed by atoms with van der Waals surface area (Å²) < 4.78 is 0. The molecule has 0 saturated heterocycles. The summed E-state index contributed by atoms with van der Waals surface area (Å²) in [6.07, 6.45) is 4.68. The molecule has 0 aliphatic heterocycles. The summed E-state index contributed by atoms with van der Waals surface area (Å²) in [5, 5.41) is 0.376. The average molecular weight is 216 g/mol. The predicted molar refractivity (Wildman–Crippen MR) is 67.3 cm³/mol. The summed E-state index contributed by atoms with van der Waals surface area (Å²) in [5.41, 5.74) is 0. The van der Waals surface area contributed by atoms with Gasteiger partial charge in [0.15, 0.2) is 9.04 Å². The van der Waals surface area contributed by atoms with Gasteiger partial charge in [-0.15, -0.1) is 0 Å². The lowest BCUT2D eigenvalue weighted by atomic mass is 10.1. The fourth-order valence-corrected chi connectivity index (χ4v) is 5.86. The highest BCUT2D eigenvalue weighted by Crippen LogP contribution is 2.46. The van der Waals surface area contributed by atoms with E-state index in [4.69, 9.17) is 0 Å². The van der Waals surface area contributed by atoms with Crippen molar-refractivity contribution < 1.29 is 4.80 Å². The molecule has 0 radical (unpaired) electrons. The Morgan fingerprint density at radius 2 is 1.14 bits per heavy atom. The first-order valence-corrected chi connectivity index (χ1v) is 7.63. The molecule has 0 aliphatic rings. The van der Waals surface area contributed by atoms with Crippen molar-refractivity contribution in [3.63, 3.8) is 0 Å². The first kappa shape index (κ1) is 14.2. The van der Waals surface area contributed by atoms with E-state index in [1.165, 1.54) is 12.8 Å². The molecular formula is C12H28OSi. The Hall–Kier alpha value is 0.177. The maximum absolute atomic E-state index is 10.5. The lowest BCUT2D eigenvalue weighted by Crippen LogP contribution is -2.38. The topological polar surface area (TPSA) is 20.2 Å². The molecule has 2 heteroatoms. The fraction of sp³-hybridized carbons (Fsp3) is 1.00. The minimum Gasteiger partial charge on any atom is -0.434 e. The van der Waals surface area contributed by atoms with Gasteiger partial charge in [-0.25, -0.2) is 0 Å². The van der Waals surface area contributed by atoms with E-state index in [1.807, 2.05) is 0 Å². The molecule has 1 N–H and O–H groups in total. The van der Waals surface area contributed by atoms with Crippen LogP contribution < -0.4 is 0 Å². The molecule has 0 rings (SSSR count). The number of rotatable bonds is 6. The van der Waals surface area contributed by atoms with E-state index in [0.717, 1.165) is 12.8 Å². The van der Waals surface area contributed by atoms with E-state index < -0.39 is 9.04 Å². The Morgan fingerprint density at radius 3 is 1.36 bits per heavy atom. The lowest BCUT2D eigenvalue weighted by Gasteiger charge is -2.39. The molecule has 1 nitrogen and oxygen atoms in total. The van der Waals surface area contributed by atoms with Crippen molar-refractivity contribution in [2.75, 3.05) is 0 Å². The van der Waals surface area contributed by atoms with Crippen LogP contribution in [-0.2, 0) is 0 Å². The van der Waals surface area contributed by atoms with Crippen LogP contribution in [0.4, 0.5) is 0 Å². The second-order valence-corrected chi connectivity index (χ2v) is 9.81. The van der Waals surface area contributed by atoms with E-state index in [1.54, 1.807) is 0 Å². The average Bonchev–Trinajstić information content (AvgIpc) is 2.02. The van der Waals surface area contributed by atoms with E-state index in [9.17, 15) is 4.80 Å². The largest absolute Gasteiger partial charge is 0.434 e. The molecule has 0 aromatic carbocycles. The van der Waals surface area contributed by atoms with Gasteiger partial charge in [-0.3, -0.25) is 0 Å². The van der Waals surface area contributed by atoms with Gasteiger partial charge in [-0.1, -0.05) is 54.4 Å². The maximum atomic E-state index is 10.5. The minimum atomic E-state index is -1.66. The molecular weight excluding hydrogens is 188 g/mol. The van der Waals surface area contributed by atoms with Gasteiger partial charge < -0.3 is 4.80 Å². The molecule has 0 amide bonds. The third kappa shape index (κ3) is 3.74. The van der Waals surface area contributed by atoms with Gasteiger partial charge >= 0.3 is 0 Å². The van der Waals surface area contributed by atoms with E-state index >= 15 is 0 Å². The smallest absolute Gasteiger partial charge is 0.183 e. The van der Waals surface area contributed by atoms with E-state index in [-0.39, 0.29) is 10.1 Å². The van der Waals surface area contributed by atoms with E-state index in [0.29, 0.717) is 0 Å². The van der Waals surface area contributed by atoms with Crippen molar-refractivity contribution in [2.24, 2.45) is 0 Å². The molecule has 0 saturated carbocycles. The first-order chi connectivity index (χ1) is 6.28. The van der Waals surface area contributed by atoms with E-state index in [2.05, 4.69) is 41.5 Å². The first-order valence-electron chi connectivity index (χ1n) is 5.96. The van der Waals surface area contributed by atoms with Crippen LogP contribution in [0.3, 0.4) is 0 Å². The molecule has 0 spiro atoms. The van der Waals surface area contributed by atoms with Crippen LogP contribution in [0.2, 0.25) is 10.1 Å². The quantitative estimate of drug-likeness (QED) is 0.668. The second kappa shape index (κ2) is 5.31. The lowest BCUT2D eigenvalue weighted by molar-refractivity contribution is 0.401. The van der Waals surface area contributed by atoms with Crippen LogP contribution in [0, 0.1) is 0 Å². The van der Waals surface area contributed by atoms with Crippen molar-refractivity contribution in [1.29, 1.82) is 0 Å². The summed E-state index contributed by atoms with van der Waals surface area (Å²) in [6.45, 7) is 13.4. The van der Waals surface area contributed by atoms with Gasteiger partial charge in [0.25, 0.3) is 0 Å². The molecule has 0 heterocycles. The monoisotopic (exact) mass is 216 g/mol. The highest BCUT2D eigenvalue weighted by atomic mass is 28.3. The Morgan fingerprint density at radius 1 is 0.857 bits per heavy atom. The van der Waals surface area contributed by atoms with Crippen LogP contribution in [0.15, 0.2) is 0 Å². The van der Waals surface area contributed by atoms with Gasteiger partial charge in [-0.2, -0.15) is 0 Å². The predicted octanol–water partition coefficient (Wildman–Crippen LogP) is 3.86. The molecule has 0 bridgehead atoms. The van der Waals surface area contributed by atoms with Gasteiger partial charge in [0.1, 0.15) is 0 Å². The zero-order valence-electron chi connectivity index (χ0n) is 10.9. The van der Waals surface area contributed by atoms with Gasteiger partial charge in [-0.05, 0) is 22.9 Å². The molecule has 0 unspecified atom stereocenters. The molecule has 86 valence electrons. The summed E-state index contributed by atoms with van der Waals surface area (Å²) in [7, 11) is -1.66. The minimum absolute atomic E-state index is 0.188. The summed E-state index contributed by atoms with van der Waals surface area (Å²) in [4.78, 5) is 10.5. The van der Waals surface area contributed by atoms with Crippen LogP contribution >= 0.6 is 0 Å². The Bertz CT molecular complexity index is 146. The normalized spacial score (nSPS) is 13.7. The van der Waals surface area contributed by atoms with Crippen LogP contribution in [0.25, 0.3) is 0 Å². The van der Waals surface area contributed by atoms with Gasteiger partial charge in [0, 0.05) is 0 Å². The van der Waals surface area contributed by atoms with Crippen molar-refractivity contribution >= 4 is 9.04 Å². The third-order valence-corrected chi connectivity index (χ3v) is 6.81. The highest BCUT2D eigenvalue weighted by molar-refractivity contribution is 6.57. The van der Waals surface area contributed by atoms with Crippen molar-refractivity contribution in [3.05, 3.63) is 0 Å². The maximum Gasteiger partial charge on any atom is 0.183 e.